The standard InChI is InChI=1S/C10H20N2O2/c1-7(2)9-11-10-8(6-12(9)3)13-4-5-14-10/h7-11H,4-6H2,1-3H3. The fourth-order valence-electron chi connectivity index (χ4n) is 2.27. The first-order chi connectivity index (χ1) is 6.68. The molecule has 0 bridgehead atoms. The van der Waals surface area contributed by atoms with Gasteiger partial charge < -0.3 is 9.47 Å². The summed E-state index contributed by atoms with van der Waals surface area (Å²) < 4.78 is 11.3. The Kier molecular flexibility index (Phi) is 3.07. The Balaban J connectivity index is 1.99. The van der Waals surface area contributed by atoms with Gasteiger partial charge in [0.1, 0.15) is 12.3 Å². The summed E-state index contributed by atoms with van der Waals surface area (Å²) in [4.78, 5) is 2.31. The van der Waals surface area contributed by atoms with Gasteiger partial charge in [-0.05, 0) is 13.0 Å². The van der Waals surface area contributed by atoms with Crippen molar-refractivity contribution in [2.24, 2.45) is 5.92 Å². The maximum Gasteiger partial charge on any atom is 0.137 e. The molecule has 0 aromatic heterocycles. The van der Waals surface area contributed by atoms with Gasteiger partial charge in [-0.1, -0.05) is 13.8 Å². The lowest BCUT2D eigenvalue weighted by atomic mass is 10.1. The molecule has 2 fully saturated rings. The quantitative estimate of drug-likeness (QED) is 0.657. The van der Waals surface area contributed by atoms with Gasteiger partial charge in [0.05, 0.1) is 19.4 Å². The third kappa shape index (κ3) is 1.93. The Morgan fingerprint density at radius 3 is 2.71 bits per heavy atom. The lowest BCUT2D eigenvalue weighted by molar-refractivity contribution is -0.190. The molecule has 82 valence electrons. The number of ether oxygens (including phenoxy) is 2. The third-order valence-electron chi connectivity index (χ3n) is 2.96. The van der Waals surface area contributed by atoms with Crippen LogP contribution in [0.4, 0.5) is 0 Å². The Labute approximate surface area is 85.5 Å². The van der Waals surface area contributed by atoms with E-state index in [1.807, 2.05) is 0 Å². The molecule has 0 aromatic carbocycles. The van der Waals surface area contributed by atoms with Gasteiger partial charge in [0.25, 0.3) is 0 Å². The maximum absolute atomic E-state index is 5.65. The maximum atomic E-state index is 5.65. The highest BCUT2D eigenvalue weighted by Crippen LogP contribution is 2.19. The molecular weight excluding hydrogens is 180 g/mol. The van der Waals surface area contributed by atoms with Crippen LogP contribution in [-0.4, -0.2) is 50.2 Å². The Bertz CT molecular complexity index is 199. The number of nitrogens with one attached hydrogen (secondary N) is 1. The second-order valence-corrected chi connectivity index (χ2v) is 4.50. The normalized spacial score (nSPS) is 39.9. The van der Waals surface area contributed by atoms with Crippen molar-refractivity contribution in [2.75, 3.05) is 26.8 Å². The molecule has 1 N–H and O–H groups in total. The van der Waals surface area contributed by atoms with Crippen LogP contribution in [0.5, 0.6) is 0 Å². The number of rotatable bonds is 1. The van der Waals surface area contributed by atoms with Crippen LogP contribution in [-0.2, 0) is 9.47 Å². The van der Waals surface area contributed by atoms with Crippen molar-refractivity contribution in [1.29, 1.82) is 0 Å². The third-order valence-corrected chi connectivity index (χ3v) is 2.96. The SMILES string of the molecule is CC(C)C1NC2OCCOC2CN1C. The molecule has 2 saturated heterocycles. The molecule has 0 aliphatic carbocycles. The highest BCUT2D eigenvalue weighted by Gasteiger charge is 2.37. The Morgan fingerprint density at radius 2 is 2.00 bits per heavy atom. The molecule has 2 aliphatic heterocycles. The molecule has 0 spiro atoms. The van der Waals surface area contributed by atoms with Gasteiger partial charge in [0.2, 0.25) is 0 Å². The monoisotopic (exact) mass is 200 g/mol. The first-order valence-corrected chi connectivity index (χ1v) is 5.38. The average molecular weight is 200 g/mol. The van der Waals surface area contributed by atoms with Crippen molar-refractivity contribution in [1.82, 2.24) is 10.2 Å². The number of hydrogen-bond donors (Lipinski definition) is 1. The Morgan fingerprint density at radius 1 is 1.29 bits per heavy atom. The predicted octanol–water partition coefficient (Wildman–Crippen LogP) is 0.245. The molecule has 0 aromatic rings. The molecule has 4 nitrogen and oxygen atoms in total. The number of hydrogen-bond acceptors (Lipinski definition) is 4. The van der Waals surface area contributed by atoms with Crippen LogP contribution in [0.3, 0.4) is 0 Å². The minimum atomic E-state index is 0.0901. The molecule has 3 unspecified atom stereocenters. The van der Waals surface area contributed by atoms with Crippen molar-refractivity contribution in [3.8, 4) is 0 Å². The van der Waals surface area contributed by atoms with E-state index in [2.05, 4.69) is 31.1 Å². The van der Waals surface area contributed by atoms with E-state index in [9.17, 15) is 0 Å². The summed E-state index contributed by atoms with van der Waals surface area (Å²) in [5, 5.41) is 3.48. The van der Waals surface area contributed by atoms with Crippen LogP contribution < -0.4 is 5.32 Å². The average Bonchev–Trinajstić information content (AvgIpc) is 2.16. The minimum absolute atomic E-state index is 0.0901. The highest BCUT2D eigenvalue weighted by molar-refractivity contribution is 4.86. The fourth-order valence-corrected chi connectivity index (χ4v) is 2.27. The highest BCUT2D eigenvalue weighted by atomic mass is 16.6. The zero-order valence-electron chi connectivity index (χ0n) is 9.19. The molecular formula is C10H20N2O2. The van der Waals surface area contributed by atoms with Crippen molar-refractivity contribution >= 4 is 0 Å². The summed E-state index contributed by atoms with van der Waals surface area (Å²) in [6.45, 7) is 6.84. The number of likely N-dealkylation sites (N-methyl/N-ethyl adjacent to an activating group) is 1. The van der Waals surface area contributed by atoms with Crippen LogP contribution in [0, 0.1) is 5.92 Å². The van der Waals surface area contributed by atoms with Gasteiger partial charge in [-0.25, -0.2) is 0 Å². The summed E-state index contributed by atoms with van der Waals surface area (Å²) >= 11 is 0. The smallest absolute Gasteiger partial charge is 0.137 e. The van der Waals surface area contributed by atoms with Crippen molar-refractivity contribution in [2.45, 2.75) is 32.3 Å². The fraction of sp³-hybridized carbons (Fsp3) is 1.00. The van der Waals surface area contributed by atoms with E-state index < -0.39 is 0 Å². The van der Waals surface area contributed by atoms with E-state index in [4.69, 9.17) is 9.47 Å². The van der Waals surface area contributed by atoms with Gasteiger partial charge >= 0.3 is 0 Å². The van der Waals surface area contributed by atoms with Gasteiger partial charge in [-0.15, -0.1) is 0 Å². The first kappa shape index (κ1) is 10.4. The topological polar surface area (TPSA) is 33.7 Å². The second-order valence-electron chi connectivity index (χ2n) is 4.50. The van der Waals surface area contributed by atoms with E-state index in [1.54, 1.807) is 0 Å². The van der Waals surface area contributed by atoms with Crippen LogP contribution in [0.1, 0.15) is 13.8 Å². The lowest BCUT2D eigenvalue weighted by Gasteiger charge is -2.46. The summed E-state index contributed by atoms with van der Waals surface area (Å²) in [5.41, 5.74) is 0. The molecule has 0 amide bonds. The van der Waals surface area contributed by atoms with Gasteiger partial charge in [-0.3, -0.25) is 10.2 Å². The molecule has 0 radical (unpaired) electrons. The van der Waals surface area contributed by atoms with E-state index in [-0.39, 0.29) is 12.3 Å². The number of nitrogens with zero attached hydrogens (tertiary/aromatic N) is 1. The molecule has 2 rings (SSSR count). The van der Waals surface area contributed by atoms with Crippen LogP contribution in [0.25, 0.3) is 0 Å². The van der Waals surface area contributed by atoms with E-state index >= 15 is 0 Å². The molecule has 4 heteroatoms. The van der Waals surface area contributed by atoms with E-state index in [0.29, 0.717) is 18.7 Å². The van der Waals surface area contributed by atoms with Gasteiger partial charge in [0.15, 0.2) is 0 Å². The van der Waals surface area contributed by atoms with Crippen LogP contribution in [0.15, 0.2) is 0 Å². The van der Waals surface area contributed by atoms with Crippen molar-refractivity contribution in [3.05, 3.63) is 0 Å². The molecule has 3 atom stereocenters. The van der Waals surface area contributed by atoms with Gasteiger partial charge in [-0.2, -0.15) is 0 Å². The second kappa shape index (κ2) is 4.14. The summed E-state index contributed by atoms with van der Waals surface area (Å²) in [5.74, 6) is 0.589. The van der Waals surface area contributed by atoms with Crippen LogP contribution >= 0.6 is 0 Å². The summed E-state index contributed by atoms with van der Waals surface area (Å²) in [7, 11) is 2.13. The molecule has 2 aliphatic rings. The summed E-state index contributed by atoms with van der Waals surface area (Å²) in [6, 6.07) is 0. The van der Waals surface area contributed by atoms with Crippen molar-refractivity contribution < 1.29 is 9.47 Å². The zero-order chi connectivity index (χ0) is 10.1. The van der Waals surface area contributed by atoms with Crippen molar-refractivity contribution in [3.63, 3.8) is 0 Å². The zero-order valence-corrected chi connectivity index (χ0v) is 9.19. The number of fused-ring (bicyclic) bond motifs is 1. The van der Waals surface area contributed by atoms with E-state index in [1.165, 1.54) is 0 Å². The Hall–Kier alpha value is -0.160. The molecule has 2 heterocycles. The lowest BCUT2D eigenvalue weighted by Crippen LogP contribution is -2.65. The molecule has 14 heavy (non-hydrogen) atoms. The van der Waals surface area contributed by atoms with Crippen LogP contribution in [0.2, 0.25) is 0 Å². The minimum Gasteiger partial charge on any atom is -0.370 e. The van der Waals surface area contributed by atoms with Gasteiger partial charge in [0, 0.05) is 6.54 Å². The summed E-state index contributed by atoms with van der Waals surface area (Å²) in [6.07, 6.45) is 0.689. The predicted molar refractivity (Wildman–Crippen MR) is 53.9 cm³/mol. The molecule has 0 saturated carbocycles. The first-order valence-electron chi connectivity index (χ1n) is 5.38. The van der Waals surface area contributed by atoms with E-state index in [0.717, 1.165) is 13.2 Å². The largest absolute Gasteiger partial charge is 0.370 e.